The van der Waals surface area contributed by atoms with Crippen molar-refractivity contribution in [3.05, 3.63) is 0 Å². The first-order chi connectivity index (χ1) is 2.56. The van der Waals surface area contributed by atoms with E-state index in [2.05, 4.69) is 27.9 Å². The van der Waals surface area contributed by atoms with Crippen molar-refractivity contribution in [2.75, 3.05) is 7.05 Å². The molecule has 0 unspecified atom stereocenters. The molecule has 34 valence electrons. The molecule has 0 saturated heterocycles. The average molecular weight is 82.8 g/mol. The minimum atomic E-state index is 0.292. The van der Waals surface area contributed by atoms with E-state index in [0.717, 1.165) is 0 Å². The summed E-state index contributed by atoms with van der Waals surface area (Å²) >= 11 is 0. The Morgan fingerprint density at radius 1 is 1.50 bits per heavy atom. The van der Waals surface area contributed by atoms with Crippen molar-refractivity contribution in [1.82, 2.24) is 5.32 Å². The number of rotatable bonds is 1. The predicted octanol–water partition coefficient (Wildman–Crippen LogP) is -1.85. The highest BCUT2D eigenvalue weighted by atomic mass is 14.9. The van der Waals surface area contributed by atoms with Crippen molar-refractivity contribution in [2.24, 2.45) is 0 Å². The van der Waals surface area contributed by atoms with Crippen LogP contribution in [0.5, 0.6) is 0 Å². The Morgan fingerprint density at radius 2 is 1.67 bits per heavy atom. The molecule has 1 N–H and O–H groups in total. The lowest BCUT2D eigenvalue weighted by Crippen LogP contribution is -2.40. The maximum Gasteiger partial charge on any atom is 0.116 e. The molecule has 0 aromatic rings. The molecule has 0 aliphatic carbocycles. The van der Waals surface area contributed by atoms with Crippen LogP contribution in [0.2, 0.25) is 0 Å². The van der Waals surface area contributed by atoms with Crippen LogP contribution in [0.4, 0.5) is 0 Å². The van der Waals surface area contributed by atoms with Gasteiger partial charge in [-0.15, -0.1) is 0 Å². The summed E-state index contributed by atoms with van der Waals surface area (Å²) in [4.78, 5) is 0. The summed E-state index contributed by atoms with van der Waals surface area (Å²) in [6.45, 7) is 2.13. The molecule has 0 aromatic heterocycles. The lowest BCUT2D eigenvalue weighted by atomic mass is 9.64. The normalized spacial score (nSPS) is 11.7. The molecule has 0 atom stereocenters. The third-order valence-electron chi connectivity index (χ3n) is 0.750. The predicted molar refractivity (Wildman–Crippen MR) is 34.6 cm³/mol. The zero-order valence-electron chi connectivity index (χ0n) is 5.00. The van der Waals surface area contributed by atoms with E-state index >= 15 is 0 Å². The Balaban J connectivity index is 3.17. The highest BCUT2D eigenvalue weighted by Crippen LogP contribution is 1.81. The standard InChI is InChI=1S/C3H11B2N/c1-3(4,5)6-2/h6H,4-5H2,1-2H3. The second-order valence-corrected chi connectivity index (χ2v) is 2.50. The highest BCUT2D eigenvalue weighted by Gasteiger charge is 2.02. The Morgan fingerprint density at radius 3 is 1.67 bits per heavy atom. The van der Waals surface area contributed by atoms with Gasteiger partial charge in [0.15, 0.2) is 0 Å². The Kier molecular flexibility index (Phi) is 1.72. The smallest absolute Gasteiger partial charge is 0.116 e. The summed E-state index contributed by atoms with van der Waals surface area (Å²) < 4.78 is 0. The van der Waals surface area contributed by atoms with Crippen molar-refractivity contribution in [1.29, 1.82) is 0 Å². The fraction of sp³-hybridized carbons (Fsp3) is 1.00. The van der Waals surface area contributed by atoms with Gasteiger partial charge in [0.25, 0.3) is 0 Å². The molecule has 1 nitrogen and oxygen atoms in total. The largest absolute Gasteiger partial charge is 0.330 e. The number of hydrogen-bond donors (Lipinski definition) is 1. The van der Waals surface area contributed by atoms with Gasteiger partial charge in [-0.3, -0.25) is 0 Å². The van der Waals surface area contributed by atoms with Crippen LogP contribution in [0.3, 0.4) is 0 Å². The Bertz CT molecular complexity index is 38.5. The van der Waals surface area contributed by atoms with E-state index in [1.165, 1.54) is 0 Å². The first-order valence-electron chi connectivity index (χ1n) is 2.25. The lowest BCUT2D eigenvalue weighted by Gasteiger charge is -2.15. The van der Waals surface area contributed by atoms with Crippen LogP contribution in [0.25, 0.3) is 0 Å². The summed E-state index contributed by atoms with van der Waals surface area (Å²) in [5.41, 5.74) is 0. The van der Waals surface area contributed by atoms with E-state index < -0.39 is 0 Å². The summed E-state index contributed by atoms with van der Waals surface area (Å²) in [5, 5.41) is 3.40. The van der Waals surface area contributed by atoms with Gasteiger partial charge in [0.1, 0.15) is 15.7 Å². The molecule has 0 aliphatic rings. The van der Waals surface area contributed by atoms with Crippen LogP contribution in [0.1, 0.15) is 6.92 Å². The molecule has 0 rings (SSSR count). The molecule has 6 heavy (non-hydrogen) atoms. The molecule has 0 amide bonds. The molecule has 0 fully saturated rings. The molecule has 0 heterocycles. The second kappa shape index (κ2) is 1.69. The van der Waals surface area contributed by atoms with E-state index in [9.17, 15) is 0 Å². The van der Waals surface area contributed by atoms with Gasteiger partial charge in [-0.1, -0.05) is 6.92 Å². The molecular formula is C3H11B2N. The average Bonchev–Trinajstić information content (AvgIpc) is 1.35. The highest BCUT2D eigenvalue weighted by molar-refractivity contribution is 6.39. The van der Waals surface area contributed by atoms with E-state index in [1.807, 2.05) is 7.05 Å². The van der Waals surface area contributed by atoms with Gasteiger partial charge in [0, 0.05) is 0 Å². The minimum absolute atomic E-state index is 0.292. The molecule has 0 bridgehead atoms. The molecule has 0 aromatic carbocycles. The van der Waals surface area contributed by atoms with Crippen LogP contribution in [-0.2, 0) is 0 Å². The van der Waals surface area contributed by atoms with E-state index in [-0.39, 0.29) is 0 Å². The van der Waals surface area contributed by atoms with Crippen LogP contribution in [0, 0.1) is 0 Å². The molecule has 3 heteroatoms. The van der Waals surface area contributed by atoms with Gasteiger partial charge in [0.2, 0.25) is 0 Å². The van der Waals surface area contributed by atoms with Crippen LogP contribution in [0.15, 0.2) is 0 Å². The molecular weight excluding hydrogens is 71.7 g/mol. The number of hydrogen-bond acceptors (Lipinski definition) is 1. The fourth-order valence-corrected chi connectivity index (χ4v) is 0. The molecule has 0 aliphatic heterocycles. The van der Waals surface area contributed by atoms with E-state index in [1.54, 1.807) is 0 Å². The Hall–Kier alpha value is 0.0899. The maximum atomic E-state index is 3.10. The van der Waals surface area contributed by atoms with Gasteiger partial charge < -0.3 is 5.32 Å². The first-order valence-corrected chi connectivity index (χ1v) is 2.25. The lowest BCUT2D eigenvalue weighted by molar-refractivity contribution is 0.725. The zero-order chi connectivity index (χ0) is 5.21. The van der Waals surface area contributed by atoms with Crippen LogP contribution >= 0.6 is 0 Å². The quantitative estimate of drug-likeness (QED) is 0.366. The van der Waals surface area contributed by atoms with Crippen LogP contribution in [-0.4, -0.2) is 28.1 Å². The van der Waals surface area contributed by atoms with E-state index in [4.69, 9.17) is 0 Å². The summed E-state index contributed by atoms with van der Waals surface area (Å²) in [6.07, 6.45) is 0. The monoisotopic (exact) mass is 83.1 g/mol. The minimum Gasteiger partial charge on any atom is -0.330 e. The van der Waals surface area contributed by atoms with Gasteiger partial charge in [-0.05, 0) is 12.4 Å². The van der Waals surface area contributed by atoms with Crippen molar-refractivity contribution in [3.63, 3.8) is 0 Å². The molecule has 0 radical (unpaired) electrons. The van der Waals surface area contributed by atoms with E-state index in [0.29, 0.717) is 5.34 Å². The molecule has 0 saturated carbocycles. The first kappa shape index (κ1) is 6.09. The summed E-state index contributed by atoms with van der Waals surface area (Å²) in [6, 6.07) is 0. The van der Waals surface area contributed by atoms with Crippen molar-refractivity contribution >= 4 is 15.7 Å². The van der Waals surface area contributed by atoms with Crippen molar-refractivity contribution in [2.45, 2.75) is 12.3 Å². The Labute approximate surface area is 41.3 Å². The zero-order valence-corrected chi connectivity index (χ0v) is 5.00. The summed E-state index contributed by atoms with van der Waals surface area (Å²) in [7, 11) is 6.22. The topological polar surface area (TPSA) is 12.0 Å². The second-order valence-electron chi connectivity index (χ2n) is 2.50. The number of nitrogens with one attached hydrogen (secondary N) is 1. The third kappa shape index (κ3) is 4.09. The third-order valence-corrected chi connectivity index (χ3v) is 0.750. The molecule has 0 spiro atoms. The van der Waals surface area contributed by atoms with Gasteiger partial charge in [-0.2, -0.15) is 0 Å². The van der Waals surface area contributed by atoms with Crippen molar-refractivity contribution < 1.29 is 0 Å². The van der Waals surface area contributed by atoms with Crippen molar-refractivity contribution in [3.8, 4) is 0 Å². The van der Waals surface area contributed by atoms with Gasteiger partial charge >= 0.3 is 0 Å². The maximum absolute atomic E-state index is 3.10. The van der Waals surface area contributed by atoms with Crippen LogP contribution < -0.4 is 5.32 Å². The van der Waals surface area contributed by atoms with Gasteiger partial charge in [-0.25, -0.2) is 0 Å². The summed E-state index contributed by atoms with van der Waals surface area (Å²) in [5.74, 6) is 0. The SMILES string of the molecule is BC(B)(C)NC. The fourth-order valence-electron chi connectivity index (χ4n) is 0. The van der Waals surface area contributed by atoms with Gasteiger partial charge in [0.05, 0.1) is 0 Å².